The summed E-state index contributed by atoms with van der Waals surface area (Å²) in [4.78, 5) is 9.54. The number of hydrogen-bond acceptors (Lipinski definition) is 3. The van der Waals surface area contributed by atoms with Gasteiger partial charge in [-0.25, -0.2) is 0 Å². The molecule has 0 unspecified atom stereocenters. The molecular formula is C50H54IrN2SSi-2. The average molecular weight is 935 g/mol. The van der Waals surface area contributed by atoms with E-state index in [1.165, 1.54) is 73.3 Å². The molecule has 1 aliphatic carbocycles. The summed E-state index contributed by atoms with van der Waals surface area (Å²) in [6.45, 7) is 18.9. The molecule has 0 amide bonds. The Morgan fingerprint density at radius 2 is 1.45 bits per heavy atom. The smallest absolute Gasteiger partial charge is 0.0798 e. The van der Waals surface area contributed by atoms with Crippen molar-refractivity contribution < 1.29 is 20.1 Å². The zero-order chi connectivity index (χ0) is 38.1. The zero-order valence-corrected chi connectivity index (χ0v) is 37.9. The van der Waals surface area contributed by atoms with E-state index in [-0.39, 0.29) is 30.9 Å². The minimum atomic E-state index is -1.37. The molecule has 8 rings (SSSR count). The van der Waals surface area contributed by atoms with Gasteiger partial charge in [0.25, 0.3) is 0 Å². The Bertz CT molecular complexity index is 2360. The summed E-state index contributed by atoms with van der Waals surface area (Å²) < 4.78 is 2.61. The van der Waals surface area contributed by atoms with Crippen LogP contribution in [-0.4, -0.2) is 18.0 Å². The van der Waals surface area contributed by atoms with Crippen molar-refractivity contribution in [3.05, 3.63) is 139 Å². The minimum absolute atomic E-state index is 0. The molecule has 4 aromatic carbocycles. The van der Waals surface area contributed by atoms with E-state index < -0.39 is 8.07 Å². The van der Waals surface area contributed by atoms with E-state index in [0.29, 0.717) is 0 Å². The van der Waals surface area contributed by atoms with Crippen LogP contribution in [0.1, 0.15) is 71.4 Å². The number of rotatable bonds is 7. The molecule has 1 saturated carbocycles. The summed E-state index contributed by atoms with van der Waals surface area (Å²) >= 11 is 1.87. The van der Waals surface area contributed by atoms with Crippen molar-refractivity contribution in [3.63, 3.8) is 0 Å². The molecule has 0 bridgehead atoms. The fraction of sp³-hybridized carbons (Fsp3) is 0.320. The summed E-state index contributed by atoms with van der Waals surface area (Å²) in [5, 5.41) is 4.09. The van der Waals surface area contributed by atoms with Gasteiger partial charge in [0.15, 0.2) is 0 Å². The Morgan fingerprint density at radius 3 is 2.15 bits per heavy atom. The predicted molar refractivity (Wildman–Crippen MR) is 236 cm³/mol. The van der Waals surface area contributed by atoms with E-state index in [0.717, 1.165) is 34.9 Å². The predicted octanol–water partition coefficient (Wildman–Crippen LogP) is 13.7. The first kappa shape index (κ1) is 40.9. The van der Waals surface area contributed by atoms with Gasteiger partial charge in [-0.2, -0.15) is 11.3 Å². The summed E-state index contributed by atoms with van der Waals surface area (Å²) in [5.74, 6) is 0.755. The van der Waals surface area contributed by atoms with E-state index >= 15 is 0 Å². The summed E-state index contributed by atoms with van der Waals surface area (Å²) in [6, 6.07) is 43.4. The van der Waals surface area contributed by atoms with Gasteiger partial charge in [0, 0.05) is 37.2 Å². The van der Waals surface area contributed by atoms with Gasteiger partial charge in [0.1, 0.15) is 0 Å². The van der Waals surface area contributed by atoms with Crippen molar-refractivity contribution in [1.82, 2.24) is 9.97 Å². The number of hydrogen-bond donors (Lipinski definition) is 0. The van der Waals surface area contributed by atoms with Gasteiger partial charge in [0.2, 0.25) is 0 Å². The molecule has 2 nitrogen and oxygen atoms in total. The monoisotopic (exact) mass is 935 g/mol. The Morgan fingerprint density at radius 1 is 0.727 bits per heavy atom. The fourth-order valence-electron chi connectivity index (χ4n) is 8.24. The van der Waals surface area contributed by atoms with Crippen LogP contribution in [0.4, 0.5) is 0 Å². The molecular weight excluding hydrogens is 881 g/mol. The fourth-order valence-corrected chi connectivity index (χ4v) is 11.2. The van der Waals surface area contributed by atoms with Gasteiger partial charge < -0.3 is 9.97 Å². The maximum Gasteiger partial charge on any atom is 0.0798 e. The molecule has 0 spiro atoms. The van der Waals surface area contributed by atoms with Crippen molar-refractivity contribution in [1.29, 1.82) is 0 Å². The summed E-state index contributed by atoms with van der Waals surface area (Å²) in [7, 11) is -1.37. The summed E-state index contributed by atoms with van der Waals surface area (Å²) in [6.07, 6.45) is 10.6. The van der Waals surface area contributed by atoms with E-state index in [2.05, 4.69) is 158 Å². The van der Waals surface area contributed by atoms with Crippen LogP contribution < -0.4 is 5.19 Å². The third-order valence-electron chi connectivity index (χ3n) is 11.2. The zero-order valence-electron chi connectivity index (χ0n) is 33.7. The SMILES string of the molecule is CC(C)(C)Cc1cc(-c2[c-]cccc2)ncc1[Si](C)(C)C.CC(C)(c1ccnc(-c2[c-]ccc3c2sc2c(-c4ccccc4)cccc23)c1)C1CCCC1.[Ir]. The molecule has 0 N–H and O–H groups in total. The third kappa shape index (κ3) is 9.13. The van der Waals surface area contributed by atoms with Gasteiger partial charge in [-0.05, 0) is 85.4 Å². The second kappa shape index (κ2) is 16.8. The molecule has 1 fully saturated rings. The molecule has 0 saturated heterocycles. The van der Waals surface area contributed by atoms with Gasteiger partial charge in [-0.1, -0.05) is 139 Å². The third-order valence-corrected chi connectivity index (χ3v) is 14.5. The molecule has 0 aliphatic heterocycles. The van der Waals surface area contributed by atoms with Crippen molar-refractivity contribution in [3.8, 4) is 33.6 Å². The normalized spacial score (nSPS) is 13.7. The molecule has 3 heterocycles. The molecule has 0 atom stereocenters. The van der Waals surface area contributed by atoms with Gasteiger partial charge in [0.05, 0.1) is 8.07 Å². The van der Waals surface area contributed by atoms with Crippen molar-refractivity contribution in [2.45, 2.75) is 91.8 Å². The Balaban J connectivity index is 0.000000204. The summed E-state index contributed by atoms with van der Waals surface area (Å²) in [5.41, 5.74) is 10.2. The first-order valence-electron chi connectivity index (χ1n) is 19.6. The van der Waals surface area contributed by atoms with Gasteiger partial charge in [-0.15, -0.1) is 59.7 Å². The van der Waals surface area contributed by atoms with E-state index in [4.69, 9.17) is 9.97 Å². The van der Waals surface area contributed by atoms with E-state index in [9.17, 15) is 0 Å². The quantitative estimate of drug-likeness (QED) is 0.118. The number of fused-ring (bicyclic) bond motifs is 3. The largest absolute Gasteiger partial charge is 0.305 e. The average Bonchev–Trinajstić information content (AvgIpc) is 3.85. The maximum absolute atomic E-state index is 4.83. The second-order valence-electron chi connectivity index (χ2n) is 17.9. The Kier molecular flexibility index (Phi) is 12.5. The van der Waals surface area contributed by atoms with Crippen LogP contribution >= 0.6 is 11.3 Å². The topological polar surface area (TPSA) is 25.8 Å². The molecule has 7 aromatic rings. The van der Waals surface area contributed by atoms with Crippen molar-refractivity contribution >= 4 is 44.8 Å². The minimum Gasteiger partial charge on any atom is -0.305 e. The van der Waals surface area contributed by atoms with E-state index in [1.54, 1.807) is 0 Å². The number of pyridine rings is 2. The van der Waals surface area contributed by atoms with Crippen LogP contribution in [-0.2, 0) is 31.9 Å². The van der Waals surface area contributed by atoms with Crippen LogP contribution in [0.25, 0.3) is 53.8 Å². The van der Waals surface area contributed by atoms with Crippen LogP contribution in [0.2, 0.25) is 19.6 Å². The van der Waals surface area contributed by atoms with Crippen molar-refractivity contribution in [2.75, 3.05) is 0 Å². The van der Waals surface area contributed by atoms with Gasteiger partial charge in [-0.3, -0.25) is 0 Å². The molecule has 55 heavy (non-hydrogen) atoms. The molecule has 1 radical (unpaired) electrons. The Hall–Kier alpha value is -3.73. The van der Waals surface area contributed by atoms with E-state index in [1.807, 2.05) is 35.7 Å². The first-order valence-corrected chi connectivity index (χ1v) is 24.0. The maximum atomic E-state index is 4.83. The van der Waals surface area contributed by atoms with Crippen LogP contribution in [0, 0.1) is 23.5 Å². The number of thiophene rings is 1. The van der Waals surface area contributed by atoms with Crippen molar-refractivity contribution in [2.24, 2.45) is 11.3 Å². The molecule has 285 valence electrons. The molecule has 3 aromatic heterocycles. The second-order valence-corrected chi connectivity index (χ2v) is 23.9. The number of benzene rings is 4. The van der Waals surface area contributed by atoms with Crippen LogP contribution in [0.15, 0.2) is 116 Å². The van der Waals surface area contributed by atoms with Crippen LogP contribution in [0.3, 0.4) is 0 Å². The molecule has 5 heteroatoms. The standard InChI is InChI=1S/C31H28NS.C19H26NSi.Ir/c1-31(2,22-12-6-7-13-22)23-18-19-32-28(20-23)27-17-9-16-26-25-15-8-14-24(29(25)33-30(26)27)21-10-4-3-5-11-21;1-19(2,3)13-16-12-17(15-10-8-7-9-11-15)20-14-18(16)21(4,5)6;/h3-5,8-11,14-16,18-20,22H,6-7,12-13H2,1-2H3;7-10,12,14H,13H2,1-6H3;/q2*-1;. The molecule has 1 aliphatic rings. The van der Waals surface area contributed by atoms with Gasteiger partial charge >= 0.3 is 0 Å². The van der Waals surface area contributed by atoms with Crippen LogP contribution in [0.5, 0.6) is 0 Å². The first-order chi connectivity index (χ1) is 25.8. The Labute approximate surface area is 348 Å². The number of nitrogens with zero attached hydrogens (tertiary/aromatic N) is 2. The number of aromatic nitrogens is 2.